The maximum absolute atomic E-state index is 12.8. The van der Waals surface area contributed by atoms with Gasteiger partial charge in [-0.2, -0.15) is 13.2 Å². The highest BCUT2D eigenvalue weighted by molar-refractivity contribution is 7.17. The summed E-state index contributed by atoms with van der Waals surface area (Å²) in [5, 5.41) is 1.53. The lowest BCUT2D eigenvalue weighted by Crippen LogP contribution is -2.31. The molecule has 126 valence electrons. The molecule has 1 aliphatic rings. The van der Waals surface area contributed by atoms with E-state index in [1.165, 1.54) is 17.4 Å². The van der Waals surface area contributed by atoms with Gasteiger partial charge in [-0.1, -0.05) is 0 Å². The SMILES string of the molecule is C[C@@H]1CC[C@@H](C)N1Cc1sc(N)nc1-c1cc(C(F)(F)F)cs1. The largest absolute Gasteiger partial charge is 0.417 e. The highest BCUT2D eigenvalue weighted by Gasteiger charge is 2.33. The standard InChI is InChI=1S/C15H18F3N3S2/c1-8-3-4-9(2)21(8)6-12-13(20-14(19)23-12)11-5-10(7-22-11)15(16,17)18/h5,7-9H,3-4,6H2,1-2H3,(H2,19,20)/t8-,9-/m1/s1. The second kappa shape index (κ2) is 6.07. The molecule has 2 aromatic heterocycles. The van der Waals surface area contributed by atoms with Crippen molar-refractivity contribution in [3.05, 3.63) is 21.9 Å². The summed E-state index contributed by atoms with van der Waals surface area (Å²) in [4.78, 5) is 8.12. The maximum atomic E-state index is 12.8. The van der Waals surface area contributed by atoms with Gasteiger partial charge in [-0.25, -0.2) is 4.98 Å². The lowest BCUT2D eigenvalue weighted by atomic mass is 10.2. The Labute approximate surface area is 140 Å². The van der Waals surface area contributed by atoms with Gasteiger partial charge in [0, 0.05) is 28.9 Å². The van der Waals surface area contributed by atoms with Gasteiger partial charge >= 0.3 is 6.18 Å². The van der Waals surface area contributed by atoms with Crippen molar-refractivity contribution >= 4 is 27.8 Å². The summed E-state index contributed by atoms with van der Waals surface area (Å²) in [5.41, 5.74) is 5.79. The van der Waals surface area contributed by atoms with Crippen LogP contribution in [-0.4, -0.2) is 22.0 Å². The molecule has 0 aromatic carbocycles. The molecular weight excluding hydrogens is 343 g/mol. The van der Waals surface area contributed by atoms with Gasteiger partial charge < -0.3 is 5.73 Å². The van der Waals surface area contributed by atoms with Crippen molar-refractivity contribution in [2.24, 2.45) is 0 Å². The van der Waals surface area contributed by atoms with Crippen LogP contribution < -0.4 is 5.73 Å². The summed E-state index contributed by atoms with van der Waals surface area (Å²) in [6, 6.07) is 2.10. The third kappa shape index (κ3) is 3.39. The van der Waals surface area contributed by atoms with Crippen LogP contribution in [0.4, 0.5) is 18.3 Å². The Morgan fingerprint density at radius 1 is 1.30 bits per heavy atom. The van der Waals surface area contributed by atoms with Crippen LogP contribution in [0, 0.1) is 0 Å². The van der Waals surface area contributed by atoms with Crippen LogP contribution in [0.5, 0.6) is 0 Å². The van der Waals surface area contributed by atoms with E-state index in [0.717, 1.165) is 34.4 Å². The van der Waals surface area contributed by atoms with Crippen LogP contribution in [-0.2, 0) is 12.7 Å². The van der Waals surface area contributed by atoms with Crippen molar-refractivity contribution in [3.8, 4) is 10.6 Å². The molecule has 0 saturated carbocycles. The first-order chi connectivity index (χ1) is 10.8. The van der Waals surface area contributed by atoms with Gasteiger partial charge in [-0.3, -0.25) is 4.90 Å². The minimum Gasteiger partial charge on any atom is -0.375 e. The first-order valence-electron chi connectivity index (χ1n) is 7.42. The molecular formula is C15H18F3N3S2. The quantitative estimate of drug-likeness (QED) is 0.850. The lowest BCUT2D eigenvalue weighted by Gasteiger charge is -2.25. The van der Waals surface area contributed by atoms with Crippen molar-refractivity contribution in [2.45, 2.75) is 51.5 Å². The van der Waals surface area contributed by atoms with Crippen molar-refractivity contribution in [3.63, 3.8) is 0 Å². The molecule has 3 heterocycles. The monoisotopic (exact) mass is 361 g/mol. The van der Waals surface area contributed by atoms with E-state index >= 15 is 0 Å². The van der Waals surface area contributed by atoms with E-state index < -0.39 is 11.7 Å². The Kier molecular flexibility index (Phi) is 4.41. The molecule has 2 aromatic rings. The van der Waals surface area contributed by atoms with E-state index in [1.807, 2.05) is 0 Å². The number of likely N-dealkylation sites (tertiary alicyclic amines) is 1. The first-order valence-corrected chi connectivity index (χ1v) is 9.12. The van der Waals surface area contributed by atoms with Crippen LogP contribution >= 0.6 is 22.7 Å². The fourth-order valence-electron chi connectivity index (χ4n) is 3.00. The third-order valence-corrected chi connectivity index (χ3v) is 6.14. The molecule has 0 bridgehead atoms. The molecule has 2 N–H and O–H groups in total. The van der Waals surface area contributed by atoms with E-state index in [4.69, 9.17) is 5.73 Å². The zero-order valence-corrected chi connectivity index (χ0v) is 14.5. The summed E-state index contributed by atoms with van der Waals surface area (Å²) >= 11 is 2.43. The van der Waals surface area contributed by atoms with Gasteiger partial charge in [0.25, 0.3) is 0 Å². The summed E-state index contributed by atoms with van der Waals surface area (Å²) < 4.78 is 38.4. The number of nitrogens with zero attached hydrogens (tertiary/aromatic N) is 2. The number of halogens is 3. The molecule has 8 heteroatoms. The molecule has 0 radical (unpaired) electrons. The highest BCUT2D eigenvalue weighted by Crippen LogP contribution is 2.40. The van der Waals surface area contributed by atoms with E-state index in [9.17, 15) is 13.2 Å². The van der Waals surface area contributed by atoms with Gasteiger partial charge in [0.15, 0.2) is 5.13 Å². The molecule has 1 aliphatic heterocycles. The molecule has 1 fully saturated rings. The van der Waals surface area contributed by atoms with Crippen LogP contribution in [0.25, 0.3) is 10.6 Å². The topological polar surface area (TPSA) is 42.1 Å². The minimum atomic E-state index is -4.32. The second-order valence-corrected chi connectivity index (χ2v) is 8.00. The zero-order valence-electron chi connectivity index (χ0n) is 12.9. The average Bonchev–Trinajstić information content (AvgIpc) is 3.13. The van der Waals surface area contributed by atoms with Crippen LogP contribution in [0.1, 0.15) is 37.1 Å². The maximum Gasteiger partial charge on any atom is 0.417 e. The first kappa shape index (κ1) is 16.7. The summed E-state index contributed by atoms with van der Waals surface area (Å²) in [7, 11) is 0. The Morgan fingerprint density at radius 2 is 1.96 bits per heavy atom. The number of aromatic nitrogens is 1. The predicted molar refractivity (Wildman–Crippen MR) is 88.5 cm³/mol. The molecule has 23 heavy (non-hydrogen) atoms. The average molecular weight is 361 g/mol. The van der Waals surface area contributed by atoms with E-state index in [2.05, 4.69) is 23.7 Å². The fourth-order valence-corrected chi connectivity index (χ4v) is 4.86. The number of hydrogen-bond donors (Lipinski definition) is 1. The van der Waals surface area contributed by atoms with Crippen LogP contribution in [0.15, 0.2) is 11.4 Å². The minimum absolute atomic E-state index is 0.400. The van der Waals surface area contributed by atoms with Gasteiger partial charge in [-0.15, -0.1) is 22.7 Å². The third-order valence-electron chi connectivity index (χ3n) is 4.33. The van der Waals surface area contributed by atoms with Crippen LogP contribution in [0.3, 0.4) is 0 Å². The van der Waals surface area contributed by atoms with Crippen molar-refractivity contribution in [2.75, 3.05) is 5.73 Å². The molecule has 3 nitrogen and oxygen atoms in total. The van der Waals surface area contributed by atoms with Crippen LogP contribution in [0.2, 0.25) is 0 Å². The number of alkyl halides is 3. The number of thiazole rings is 1. The Hall–Kier alpha value is -1.12. The van der Waals surface area contributed by atoms with E-state index in [1.54, 1.807) is 0 Å². The van der Waals surface area contributed by atoms with Crippen molar-refractivity contribution in [1.29, 1.82) is 0 Å². The summed E-state index contributed by atoms with van der Waals surface area (Å²) in [6.07, 6.45) is -2.04. The number of hydrogen-bond acceptors (Lipinski definition) is 5. The van der Waals surface area contributed by atoms with Gasteiger partial charge in [0.1, 0.15) is 0 Å². The normalized spacial score (nSPS) is 22.8. The van der Waals surface area contributed by atoms with E-state index in [-0.39, 0.29) is 0 Å². The molecule has 0 aliphatic carbocycles. The van der Waals surface area contributed by atoms with Gasteiger partial charge in [0.05, 0.1) is 16.1 Å². The number of thiophene rings is 1. The fraction of sp³-hybridized carbons (Fsp3) is 0.533. The Bertz CT molecular complexity index is 682. The number of anilines is 1. The smallest absolute Gasteiger partial charge is 0.375 e. The van der Waals surface area contributed by atoms with Crippen molar-refractivity contribution in [1.82, 2.24) is 9.88 Å². The molecule has 0 amide bonds. The Morgan fingerprint density at radius 3 is 2.52 bits per heavy atom. The number of nitrogen functional groups attached to an aromatic ring is 1. The molecule has 3 rings (SSSR count). The molecule has 2 atom stereocenters. The van der Waals surface area contributed by atoms with E-state index in [0.29, 0.717) is 34.3 Å². The molecule has 0 spiro atoms. The number of rotatable bonds is 3. The summed E-state index contributed by atoms with van der Waals surface area (Å²) in [5.74, 6) is 0. The predicted octanol–water partition coefficient (Wildman–Crippen LogP) is 4.85. The highest BCUT2D eigenvalue weighted by atomic mass is 32.1. The second-order valence-electron chi connectivity index (χ2n) is 5.97. The molecule has 0 unspecified atom stereocenters. The van der Waals surface area contributed by atoms with Gasteiger partial charge in [0.2, 0.25) is 0 Å². The zero-order chi connectivity index (χ0) is 16.8. The lowest BCUT2D eigenvalue weighted by molar-refractivity contribution is -0.137. The number of nitrogens with two attached hydrogens (primary N) is 1. The van der Waals surface area contributed by atoms with Crippen molar-refractivity contribution < 1.29 is 13.2 Å². The Balaban J connectivity index is 1.90. The summed E-state index contributed by atoms with van der Waals surface area (Å²) in [6.45, 7) is 5.05. The molecule has 1 saturated heterocycles. The van der Waals surface area contributed by atoms with Gasteiger partial charge in [-0.05, 0) is 32.8 Å².